The van der Waals surface area contributed by atoms with Crippen molar-refractivity contribution in [2.45, 2.75) is 45.7 Å². The van der Waals surface area contributed by atoms with Gasteiger partial charge in [-0.2, -0.15) is 0 Å². The Bertz CT molecular complexity index is 914. The van der Waals surface area contributed by atoms with Crippen molar-refractivity contribution in [3.05, 3.63) is 70.5 Å². The van der Waals surface area contributed by atoms with Gasteiger partial charge in [0.2, 0.25) is 17.7 Å². The molecule has 4 N–H and O–H groups in total. The van der Waals surface area contributed by atoms with E-state index in [9.17, 15) is 18.8 Å². The number of amides is 3. The van der Waals surface area contributed by atoms with E-state index < -0.39 is 35.6 Å². The van der Waals surface area contributed by atoms with Crippen LogP contribution in [0.5, 0.6) is 0 Å². The number of nitrogens with two attached hydrogens (primary N) is 1. The summed E-state index contributed by atoms with van der Waals surface area (Å²) >= 11 is 0. The van der Waals surface area contributed by atoms with E-state index in [4.69, 9.17) is 5.73 Å². The van der Waals surface area contributed by atoms with Gasteiger partial charge in [-0.25, -0.2) is 4.39 Å². The topological polar surface area (TPSA) is 101 Å². The van der Waals surface area contributed by atoms with E-state index in [2.05, 4.69) is 10.6 Å². The molecule has 2 aromatic rings. The van der Waals surface area contributed by atoms with Crippen LogP contribution in [0.1, 0.15) is 29.2 Å². The molecule has 0 aliphatic heterocycles. The lowest BCUT2D eigenvalue weighted by Gasteiger charge is -2.22. The molecule has 154 valence electrons. The number of rotatable bonds is 8. The van der Waals surface area contributed by atoms with Crippen LogP contribution in [-0.2, 0) is 27.2 Å². The number of carbonyl (C=O) groups excluding carboxylic acids is 3. The van der Waals surface area contributed by atoms with E-state index in [0.717, 1.165) is 16.7 Å². The molecule has 0 spiro atoms. The average molecular weight is 399 g/mol. The van der Waals surface area contributed by atoms with Crippen LogP contribution in [0.15, 0.2) is 42.5 Å². The van der Waals surface area contributed by atoms with Gasteiger partial charge in [0, 0.05) is 19.8 Å². The van der Waals surface area contributed by atoms with Crippen LogP contribution in [0.3, 0.4) is 0 Å². The summed E-state index contributed by atoms with van der Waals surface area (Å²) in [5.74, 6) is -2.08. The minimum atomic E-state index is -0.962. The second kappa shape index (κ2) is 9.82. The number of halogens is 1. The predicted molar refractivity (Wildman–Crippen MR) is 108 cm³/mol. The van der Waals surface area contributed by atoms with Crippen LogP contribution < -0.4 is 16.4 Å². The van der Waals surface area contributed by atoms with E-state index in [1.54, 1.807) is 6.07 Å². The number of aryl methyl sites for hydroxylation is 2. The fraction of sp³-hybridized carbons (Fsp3) is 0.318. The Labute approximate surface area is 169 Å². The van der Waals surface area contributed by atoms with E-state index in [-0.39, 0.29) is 12.8 Å². The molecule has 0 bridgehead atoms. The standard InChI is InChI=1S/C22H26FN3O3/c1-13-7-8-17(9-14(13)2)11-19(21(24)28)26-22(29)20(25-15(3)27)12-16-5-4-6-18(23)10-16/h4-10,19-20H,11-12H2,1-3H3,(H2,24,28)(H,25,27)(H,26,29)/t19-,20+/m1/s1. The number of primary amides is 1. The van der Waals surface area contributed by atoms with Crippen molar-refractivity contribution in [3.63, 3.8) is 0 Å². The summed E-state index contributed by atoms with van der Waals surface area (Å²) in [7, 11) is 0. The maximum Gasteiger partial charge on any atom is 0.243 e. The Morgan fingerprint density at radius 1 is 0.931 bits per heavy atom. The van der Waals surface area contributed by atoms with Crippen molar-refractivity contribution in [3.8, 4) is 0 Å². The van der Waals surface area contributed by atoms with Gasteiger partial charge in [-0.05, 0) is 48.2 Å². The normalized spacial score (nSPS) is 12.7. The van der Waals surface area contributed by atoms with Crippen molar-refractivity contribution < 1.29 is 18.8 Å². The van der Waals surface area contributed by atoms with E-state index in [1.807, 2.05) is 32.0 Å². The van der Waals surface area contributed by atoms with Crippen molar-refractivity contribution in [2.24, 2.45) is 5.73 Å². The molecule has 2 atom stereocenters. The van der Waals surface area contributed by atoms with Gasteiger partial charge in [0.25, 0.3) is 0 Å². The number of hydrogen-bond donors (Lipinski definition) is 3. The lowest BCUT2D eigenvalue weighted by atomic mass is 9.99. The SMILES string of the molecule is CC(=O)N[C@@H](Cc1cccc(F)c1)C(=O)N[C@H](Cc1ccc(C)c(C)c1)C(N)=O. The Morgan fingerprint density at radius 3 is 2.17 bits per heavy atom. The fourth-order valence-corrected chi connectivity index (χ4v) is 3.02. The molecule has 0 aromatic heterocycles. The summed E-state index contributed by atoms with van der Waals surface area (Å²) < 4.78 is 13.5. The Kier molecular flexibility index (Phi) is 7.47. The fourth-order valence-electron chi connectivity index (χ4n) is 3.02. The predicted octanol–water partition coefficient (Wildman–Crippen LogP) is 1.70. The van der Waals surface area contributed by atoms with Gasteiger partial charge in [-0.3, -0.25) is 14.4 Å². The maximum atomic E-state index is 13.5. The third kappa shape index (κ3) is 6.71. The number of carbonyl (C=O) groups is 3. The number of benzene rings is 2. The third-order valence-electron chi connectivity index (χ3n) is 4.69. The highest BCUT2D eigenvalue weighted by atomic mass is 19.1. The van der Waals surface area contributed by atoms with Crippen LogP contribution in [-0.4, -0.2) is 29.8 Å². The van der Waals surface area contributed by atoms with Crippen LogP contribution in [0, 0.1) is 19.7 Å². The second-order valence-corrected chi connectivity index (χ2v) is 7.17. The largest absolute Gasteiger partial charge is 0.368 e. The van der Waals surface area contributed by atoms with Crippen molar-refractivity contribution in [1.82, 2.24) is 10.6 Å². The number of hydrogen-bond acceptors (Lipinski definition) is 3. The summed E-state index contributed by atoms with van der Waals surface area (Å²) in [6.45, 7) is 5.23. The molecule has 3 amide bonds. The minimum absolute atomic E-state index is 0.0816. The summed E-state index contributed by atoms with van der Waals surface area (Å²) in [6, 6.07) is 9.63. The molecule has 2 aromatic carbocycles. The summed E-state index contributed by atoms with van der Waals surface area (Å²) in [6.07, 6.45) is 0.313. The molecule has 7 heteroatoms. The van der Waals surface area contributed by atoms with Gasteiger partial charge in [0.15, 0.2) is 0 Å². The second-order valence-electron chi connectivity index (χ2n) is 7.17. The lowest BCUT2D eigenvalue weighted by molar-refractivity contribution is -0.130. The molecule has 0 unspecified atom stereocenters. The van der Waals surface area contributed by atoms with Crippen molar-refractivity contribution in [2.75, 3.05) is 0 Å². The highest BCUT2D eigenvalue weighted by Gasteiger charge is 2.25. The zero-order valence-corrected chi connectivity index (χ0v) is 16.8. The number of nitrogens with one attached hydrogen (secondary N) is 2. The van der Waals surface area contributed by atoms with Crippen LogP contribution in [0.25, 0.3) is 0 Å². The zero-order valence-electron chi connectivity index (χ0n) is 16.8. The highest BCUT2D eigenvalue weighted by Crippen LogP contribution is 2.12. The van der Waals surface area contributed by atoms with Gasteiger partial charge < -0.3 is 16.4 Å². The Morgan fingerprint density at radius 2 is 1.59 bits per heavy atom. The van der Waals surface area contributed by atoms with Crippen LogP contribution >= 0.6 is 0 Å². The van der Waals surface area contributed by atoms with E-state index >= 15 is 0 Å². The van der Waals surface area contributed by atoms with Gasteiger partial charge in [-0.15, -0.1) is 0 Å². The Balaban J connectivity index is 2.15. The molecular formula is C22H26FN3O3. The summed E-state index contributed by atoms with van der Waals surface area (Å²) in [5.41, 5.74) is 9.08. The van der Waals surface area contributed by atoms with Crippen molar-refractivity contribution in [1.29, 1.82) is 0 Å². The minimum Gasteiger partial charge on any atom is -0.368 e. The quantitative estimate of drug-likeness (QED) is 0.630. The molecule has 0 radical (unpaired) electrons. The van der Waals surface area contributed by atoms with Crippen LogP contribution in [0.2, 0.25) is 0 Å². The molecule has 0 aliphatic rings. The first-order chi connectivity index (χ1) is 13.7. The molecular weight excluding hydrogens is 373 g/mol. The average Bonchev–Trinajstić information content (AvgIpc) is 2.63. The van der Waals surface area contributed by atoms with Gasteiger partial charge in [0.1, 0.15) is 17.9 Å². The Hall–Kier alpha value is -3.22. The molecule has 29 heavy (non-hydrogen) atoms. The zero-order chi connectivity index (χ0) is 21.6. The van der Waals surface area contributed by atoms with Gasteiger partial charge in [-0.1, -0.05) is 30.3 Å². The van der Waals surface area contributed by atoms with Crippen LogP contribution in [0.4, 0.5) is 4.39 Å². The summed E-state index contributed by atoms with van der Waals surface area (Å²) in [4.78, 5) is 36.2. The van der Waals surface area contributed by atoms with Crippen molar-refractivity contribution >= 4 is 17.7 Å². The van der Waals surface area contributed by atoms with Gasteiger partial charge in [0.05, 0.1) is 0 Å². The molecule has 2 rings (SSSR count). The monoisotopic (exact) mass is 399 g/mol. The molecule has 6 nitrogen and oxygen atoms in total. The highest BCUT2D eigenvalue weighted by molar-refractivity contribution is 5.91. The lowest BCUT2D eigenvalue weighted by Crippen LogP contribution is -2.54. The first-order valence-electron chi connectivity index (χ1n) is 9.33. The molecule has 0 fully saturated rings. The first-order valence-corrected chi connectivity index (χ1v) is 9.33. The summed E-state index contributed by atoms with van der Waals surface area (Å²) in [5, 5.41) is 5.16. The first kappa shape index (κ1) is 22.1. The molecule has 0 heterocycles. The molecule has 0 aliphatic carbocycles. The molecule has 0 saturated heterocycles. The smallest absolute Gasteiger partial charge is 0.243 e. The maximum absolute atomic E-state index is 13.5. The van der Waals surface area contributed by atoms with E-state index in [1.165, 1.54) is 25.1 Å². The van der Waals surface area contributed by atoms with E-state index in [0.29, 0.717) is 5.56 Å². The van der Waals surface area contributed by atoms with Gasteiger partial charge >= 0.3 is 0 Å². The third-order valence-corrected chi connectivity index (χ3v) is 4.69. The molecule has 0 saturated carbocycles.